The maximum Gasteiger partial charge on any atom is 0.153 e. The molecule has 0 aliphatic carbocycles. The third kappa shape index (κ3) is 4.41. The molecule has 2 aromatic rings. The minimum absolute atomic E-state index is 0.0543. The molecule has 2 rings (SSSR count). The highest BCUT2D eigenvalue weighted by Gasteiger charge is 2.13. The first-order valence-corrected chi connectivity index (χ1v) is 9.38. The van der Waals surface area contributed by atoms with Gasteiger partial charge in [0.15, 0.2) is 9.84 Å². The van der Waals surface area contributed by atoms with Crippen molar-refractivity contribution in [2.45, 2.75) is 12.3 Å². The number of nitrogens with zero attached hydrogens (tertiary/aromatic N) is 2. The van der Waals surface area contributed by atoms with E-state index in [-0.39, 0.29) is 11.6 Å². The Balaban J connectivity index is 2.14. The van der Waals surface area contributed by atoms with Gasteiger partial charge in [-0.05, 0) is 12.1 Å². The normalized spacial score (nSPS) is 11.5. The van der Waals surface area contributed by atoms with Crippen LogP contribution in [0, 0.1) is 5.82 Å². The van der Waals surface area contributed by atoms with Crippen molar-refractivity contribution in [3.8, 4) is 5.75 Å². The number of rotatable bonds is 6. The van der Waals surface area contributed by atoms with Gasteiger partial charge in [0.25, 0.3) is 0 Å². The molecule has 0 unspecified atom stereocenters. The standard InChI is InChI=1S/C14H17FN2O3S2/c1-17(12-5-4-10(15)6-13(12)20-2)7-11-8-21-14(16-11)9-22(3,18)19/h4-6,8H,7,9H2,1-3H3. The number of anilines is 1. The molecular formula is C14H17FN2O3S2. The summed E-state index contributed by atoms with van der Waals surface area (Å²) in [5, 5.41) is 2.39. The molecule has 8 heteroatoms. The van der Waals surface area contributed by atoms with E-state index in [0.29, 0.717) is 17.3 Å². The van der Waals surface area contributed by atoms with Crippen molar-refractivity contribution >= 4 is 26.9 Å². The van der Waals surface area contributed by atoms with E-state index in [2.05, 4.69) is 4.98 Å². The zero-order chi connectivity index (χ0) is 16.3. The van der Waals surface area contributed by atoms with Crippen molar-refractivity contribution in [1.29, 1.82) is 0 Å². The molecule has 0 bridgehead atoms. The van der Waals surface area contributed by atoms with Crippen molar-refractivity contribution in [2.75, 3.05) is 25.3 Å². The zero-order valence-electron chi connectivity index (χ0n) is 12.5. The van der Waals surface area contributed by atoms with Gasteiger partial charge in [0.1, 0.15) is 22.3 Å². The Bertz CT molecular complexity index is 759. The van der Waals surface area contributed by atoms with Crippen LogP contribution in [0.3, 0.4) is 0 Å². The average Bonchev–Trinajstić information content (AvgIpc) is 2.83. The van der Waals surface area contributed by atoms with E-state index >= 15 is 0 Å². The molecule has 0 N–H and O–H groups in total. The van der Waals surface area contributed by atoms with Crippen molar-refractivity contribution < 1.29 is 17.5 Å². The van der Waals surface area contributed by atoms with E-state index in [0.717, 1.165) is 11.4 Å². The largest absolute Gasteiger partial charge is 0.494 e. The second-order valence-corrected chi connectivity index (χ2v) is 8.06. The van der Waals surface area contributed by atoms with Gasteiger partial charge in [-0.1, -0.05) is 0 Å². The fourth-order valence-corrected chi connectivity index (χ4v) is 4.00. The van der Waals surface area contributed by atoms with Crippen molar-refractivity contribution in [1.82, 2.24) is 4.98 Å². The van der Waals surface area contributed by atoms with E-state index in [1.54, 1.807) is 6.07 Å². The number of thiazole rings is 1. The monoisotopic (exact) mass is 344 g/mol. The summed E-state index contributed by atoms with van der Waals surface area (Å²) in [6, 6.07) is 4.32. The summed E-state index contributed by atoms with van der Waals surface area (Å²) in [6.45, 7) is 0.474. The molecule has 5 nitrogen and oxygen atoms in total. The third-order valence-electron chi connectivity index (χ3n) is 2.94. The fraction of sp³-hybridized carbons (Fsp3) is 0.357. The van der Waals surface area contributed by atoms with Gasteiger partial charge in [-0.2, -0.15) is 0 Å². The summed E-state index contributed by atoms with van der Waals surface area (Å²) in [6.07, 6.45) is 1.18. The second-order valence-electron chi connectivity index (χ2n) is 4.97. The first kappa shape index (κ1) is 16.7. The SMILES string of the molecule is COc1cc(F)ccc1N(C)Cc1csc(CS(C)(=O)=O)n1. The lowest BCUT2D eigenvalue weighted by Gasteiger charge is -2.20. The van der Waals surface area contributed by atoms with Crippen LogP contribution in [0.15, 0.2) is 23.6 Å². The smallest absolute Gasteiger partial charge is 0.153 e. The number of hydrogen-bond donors (Lipinski definition) is 0. The Hall–Kier alpha value is -1.67. The molecule has 0 atom stereocenters. The van der Waals surface area contributed by atoms with E-state index < -0.39 is 9.84 Å². The molecule has 0 aliphatic rings. The topological polar surface area (TPSA) is 59.5 Å². The summed E-state index contributed by atoms with van der Waals surface area (Å²) in [7, 11) is 0.237. The Morgan fingerprint density at radius 2 is 2.14 bits per heavy atom. The van der Waals surface area contributed by atoms with Crippen LogP contribution in [0.5, 0.6) is 5.75 Å². The summed E-state index contributed by atoms with van der Waals surface area (Å²) in [4.78, 5) is 6.19. The molecule has 1 aromatic heterocycles. The van der Waals surface area contributed by atoms with Crippen LogP contribution in [0.2, 0.25) is 0 Å². The first-order valence-electron chi connectivity index (χ1n) is 6.44. The lowest BCUT2D eigenvalue weighted by molar-refractivity contribution is 0.411. The van der Waals surface area contributed by atoms with Gasteiger partial charge < -0.3 is 9.64 Å². The molecule has 1 aromatic carbocycles. The Morgan fingerprint density at radius 3 is 2.77 bits per heavy atom. The molecule has 22 heavy (non-hydrogen) atoms. The Labute approximate surface area is 133 Å². The van der Waals surface area contributed by atoms with Crippen LogP contribution < -0.4 is 9.64 Å². The quantitative estimate of drug-likeness (QED) is 0.806. The number of aromatic nitrogens is 1. The van der Waals surface area contributed by atoms with Gasteiger partial charge in [-0.3, -0.25) is 0 Å². The number of sulfone groups is 1. The van der Waals surface area contributed by atoms with Crippen LogP contribution in [0.4, 0.5) is 10.1 Å². The summed E-state index contributed by atoms with van der Waals surface area (Å²) >= 11 is 1.32. The Kier molecular flexibility index (Phi) is 5.02. The lowest BCUT2D eigenvalue weighted by atomic mass is 10.2. The molecule has 1 heterocycles. The molecule has 0 radical (unpaired) electrons. The predicted molar refractivity (Wildman–Crippen MR) is 85.7 cm³/mol. The number of hydrogen-bond acceptors (Lipinski definition) is 6. The van der Waals surface area contributed by atoms with Crippen LogP contribution >= 0.6 is 11.3 Å². The molecular weight excluding hydrogens is 327 g/mol. The van der Waals surface area contributed by atoms with Crippen LogP contribution in [0.1, 0.15) is 10.7 Å². The number of benzene rings is 1. The minimum Gasteiger partial charge on any atom is -0.494 e. The summed E-state index contributed by atoms with van der Waals surface area (Å²) in [5.41, 5.74) is 1.50. The highest BCUT2D eigenvalue weighted by molar-refractivity contribution is 7.90. The van der Waals surface area contributed by atoms with Crippen molar-refractivity contribution in [3.63, 3.8) is 0 Å². The van der Waals surface area contributed by atoms with Crippen LogP contribution in [-0.2, 0) is 22.1 Å². The maximum absolute atomic E-state index is 13.2. The summed E-state index contributed by atoms with van der Waals surface area (Å²) in [5.74, 6) is 0.0218. The van der Waals surface area contributed by atoms with Crippen molar-refractivity contribution in [2.24, 2.45) is 0 Å². The molecule has 0 aliphatic heterocycles. The maximum atomic E-state index is 13.2. The number of ether oxygens (including phenoxy) is 1. The van der Waals surface area contributed by atoms with Gasteiger partial charge in [0.2, 0.25) is 0 Å². The predicted octanol–water partition coefficient (Wildman–Crippen LogP) is 2.47. The van der Waals surface area contributed by atoms with Gasteiger partial charge >= 0.3 is 0 Å². The highest BCUT2D eigenvalue weighted by atomic mass is 32.2. The van der Waals surface area contributed by atoms with E-state index in [9.17, 15) is 12.8 Å². The van der Waals surface area contributed by atoms with Gasteiger partial charge in [0, 0.05) is 24.7 Å². The second kappa shape index (κ2) is 6.62. The molecule has 120 valence electrons. The lowest BCUT2D eigenvalue weighted by Crippen LogP contribution is -2.17. The van der Waals surface area contributed by atoms with Gasteiger partial charge in [-0.25, -0.2) is 17.8 Å². The molecule has 0 fully saturated rings. The van der Waals surface area contributed by atoms with E-state index in [1.165, 1.54) is 36.8 Å². The fourth-order valence-electron chi connectivity index (χ4n) is 2.01. The van der Waals surface area contributed by atoms with Crippen molar-refractivity contribution in [3.05, 3.63) is 40.1 Å². The first-order chi connectivity index (χ1) is 10.3. The summed E-state index contributed by atoms with van der Waals surface area (Å²) < 4.78 is 40.9. The van der Waals surface area contributed by atoms with E-state index in [1.807, 2.05) is 17.3 Å². The van der Waals surface area contributed by atoms with Gasteiger partial charge in [0.05, 0.1) is 25.0 Å². The third-order valence-corrected chi connectivity index (χ3v) is 4.82. The minimum atomic E-state index is -3.09. The molecule has 0 saturated heterocycles. The average molecular weight is 344 g/mol. The van der Waals surface area contributed by atoms with Crippen LogP contribution in [-0.4, -0.2) is 33.8 Å². The number of methoxy groups -OCH3 is 1. The van der Waals surface area contributed by atoms with Crippen LogP contribution in [0.25, 0.3) is 0 Å². The molecule has 0 spiro atoms. The molecule has 0 saturated carbocycles. The molecule has 0 amide bonds. The zero-order valence-corrected chi connectivity index (χ0v) is 14.2. The van der Waals surface area contributed by atoms with E-state index in [4.69, 9.17) is 4.74 Å². The number of halogens is 1. The Morgan fingerprint density at radius 1 is 1.41 bits per heavy atom. The van der Waals surface area contributed by atoms with Gasteiger partial charge in [-0.15, -0.1) is 11.3 Å². The highest BCUT2D eigenvalue weighted by Crippen LogP contribution is 2.29.